The third kappa shape index (κ3) is 3.67. The summed E-state index contributed by atoms with van der Waals surface area (Å²) in [5.41, 5.74) is 1.01. The molecule has 1 aliphatic heterocycles. The molecular formula is C15H20N6O. The van der Waals surface area contributed by atoms with Gasteiger partial charge in [-0.2, -0.15) is 0 Å². The highest BCUT2D eigenvalue weighted by molar-refractivity contribution is 5.41. The molecule has 0 aromatic carbocycles. The second-order valence-corrected chi connectivity index (χ2v) is 5.11. The van der Waals surface area contributed by atoms with Gasteiger partial charge in [0.25, 0.3) is 0 Å². The summed E-state index contributed by atoms with van der Waals surface area (Å²) in [6.07, 6.45) is 6.83. The third-order valence-corrected chi connectivity index (χ3v) is 3.62. The van der Waals surface area contributed by atoms with E-state index in [-0.39, 0.29) is 0 Å². The van der Waals surface area contributed by atoms with Crippen molar-refractivity contribution in [2.24, 2.45) is 0 Å². The van der Waals surface area contributed by atoms with Crippen LogP contribution in [0, 0.1) is 0 Å². The van der Waals surface area contributed by atoms with Crippen LogP contribution in [0.25, 0.3) is 0 Å². The molecule has 116 valence electrons. The van der Waals surface area contributed by atoms with Crippen LogP contribution in [0.4, 0.5) is 5.82 Å². The first-order valence-corrected chi connectivity index (χ1v) is 7.52. The molecule has 3 rings (SSSR count). The summed E-state index contributed by atoms with van der Waals surface area (Å²) in [4.78, 5) is 21.5. The summed E-state index contributed by atoms with van der Waals surface area (Å²) in [5.74, 6) is 1.56. The molecule has 0 spiro atoms. The fourth-order valence-electron chi connectivity index (χ4n) is 2.51. The molecule has 1 fully saturated rings. The van der Waals surface area contributed by atoms with Gasteiger partial charge in [-0.05, 0) is 6.92 Å². The van der Waals surface area contributed by atoms with Crippen molar-refractivity contribution < 1.29 is 4.74 Å². The fourth-order valence-corrected chi connectivity index (χ4v) is 2.51. The maximum absolute atomic E-state index is 5.43. The third-order valence-electron chi connectivity index (χ3n) is 3.62. The van der Waals surface area contributed by atoms with Crippen molar-refractivity contribution in [3.8, 4) is 5.88 Å². The topological polar surface area (TPSA) is 67.3 Å². The minimum absolute atomic E-state index is 0.613. The SMILES string of the molecule is CCOc1cc(N2CCN(Cc3cnccn3)CC2)ncn1. The minimum Gasteiger partial charge on any atom is -0.478 e. The zero-order chi connectivity index (χ0) is 15.2. The predicted octanol–water partition coefficient (Wildman–Crippen LogP) is 0.987. The lowest BCUT2D eigenvalue weighted by molar-refractivity contribution is 0.246. The van der Waals surface area contributed by atoms with E-state index >= 15 is 0 Å². The van der Waals surface area contributed by atoms with E-state index in [9.17, 15) is 0 Å². The Balaban J connectivity index is 1.56. The van der Waals surface area contributed by atoms with E-state index in [0.717, 1.165) is 44.2 Å². The Bertz CT molecular complexity index is 586. The standard InChI is InChI=1S/C15H20N6O/c1-2-22-15-9-14(18-12-19-15)21-7-5-20(6-8-21)11-13-10-16-3-4-17-13/h3-4,9-10,12H,2,5-8,11H2,1H3. The van der Waals surface area contributed by atoms with Crippen molar-refractivity contribution in [2.75, 3.05) is 37.7 Å². The Morgan fingerprint density at radius 2 is 1.95 bits per heavy atom. The van der Waals surface area contributed by atoms with Crippen LogP contribution in [0.15, 0.2) is 31.0 Å². The van der Waals surface area contributed by atoms with E-state index in [1.54, 1.807) is 18.7 Å². The van der Waals surface area contributed by atoms with E-state index in [2.05, 4.69) is 29.7 Å². The summed E-state index contributed by atoms with van der Waals surface area (Å²) < 4.78 is 5.43. The molecule has 3 heterocycles. The number of rotatable bonds is 5. The van der Waals surface area contributed by atoms with Gasteiger partial charge in [-0.15, -0.1) is 0 Å². The van der Waals surface area contributed by atoms with Crippen LogP contribution in [0.2, 0.25) is 0 Å². The zero-order valence-electron chi connectivity index (χ0n) is 12.7. The van der Waals surface area contributed by atoms with Crippen LogP contribution in [0.3, 0.4) is 0 Å². The van der Waals surface area contributed by atoms with Gasteiger partial charge in [0.1, 0.15) is 12.1 Å². The summed E-state index contributed by atoms with van der Waals surface area (Å²) in [7, 11) is 0. The van der Waals surface area contributed by atoms with Gasteiger partial charge < -0.3 is 9.64 Å². The molecule has 7 heteroatoms. The van der Waals surface area contributed by atoms with Gasteiger partial charge in [-0.25, -0.2) is 9.97 Å². The van der Waals surface area contributed by atoms with E-state index in [0.29, 0.717) is 12.5 Å². The Morgan fingerprint density at radius 3 is 2.68 bits per heavy atom. The molecule has 7 nitrogen and oxygen atoms in total. The lowest BCUT2D eigenvalue weighted by Gasteiger charge is -2.35. The van der Waals surface area contributed by atoms with Crippen LogP contribution in [0.1, 0.15) is 12.6 Å². The minimum atomic E-state index is 0.613. The van der Waals surface area contributed by atoms with E-state index in [1.165, 1.54) is 0 Å². The van der Waals surface area contributed by atoms with Crippen molar-refractivity contribution in [2.45, 2.75) is 13.5 Å². The maximum Gasteiger partial charge on any atom is 0.218 e. The lowest BCUT2D eigenvalue weighted by Crippen LogP contribution is -2.46. The summed E-state index contributed by atoms with van der Waals surface area (Å²) in [6.45, 7) is 7.23. The number of hydrogen-bond acceptors (Lipinski definition) is 7. The smallest absolute Gasteiger partial charge is 0.218 e. The second-order valence-electron chi connectivity index (χ2n) is 5.11. The zero-order valence-corrected chi connectivity index (χ0v) is 12.7. The van der Waals surface area contributed by atoms with Crippen LogP contribution in [-0.2, 0) is 6.54 Å². The molecule has 0 unspecified atom stereocenters. The fraction of sp³-hybridized carbons (Fsp3) is 0.467. The number of hydrogen-bond donors (Lipinski definition) is 0. The van der Waals surface area contributed by atoms with Gasteiger partial charge in [0.2, 0.25) is 5.88 Å². The summed E-state index contributed by atoms with van der Waals surface area (Å²) in [6, 6.07) is 1.90. The Labute approximate surface area is 130 Å². The van der Waals surface area contributed by atoms with Crippen LogP contribution < -0.4 is 9.64 Å². The van der Waals surface area contributed by atoms with Crippen molar-refractivity contribution >= 4 is 5.82 Å². The summed E-state index contributed by atoms with van der Waals surface area (Å²) >= 11 is 0. The quantitative estimate of drug-likeness (QED) is 0.815. The molecule has 1 saturated heterocycles. The molecule has 0 saturated carbocycles. The normalized spacial score (nSPS) is 15.8. The van der Waals surface area contributed by atoms with Crippen molar-refractivity contribution in [3.05, 3.63) is 36.7 Å². The van der Waals surface area contributed by atoms with Gasteiger partial charge in [0.05, 0.1) is 12.3 Å². The monoisotopic (exact) mass is 300 g/mol. The summed E-state index contributed by atoms with van der Waals surface area (Å²) in [5, 5.41) is 0. The van der Waals surface area contributed by atoms with E-state index in [1.807, 2.05) is 19.2 Å². The molecule has 1 aliphatic rings. The van der Waals surface area contributed by atoms with Crippen LogP contribution in [0.5, 0.6) is 5.88 Å². The second kappa shape index (κ2) is 7.13. The highest BCUT2D eigenvalue weighted by Gasteiger charge is 2.19. The first-order valence-electron chi connectivity index (χ1n) is 7.52. The lowest BCUT2D eigenvalue weighted by atomic mass is 10.3. The molecule has 0 atom stereocenters. The largest absolute Gasteiger partial charge is 0.478 e. The number of piperazine rings is 1. The molecule has 0 radical (unpaired) electrons. The van der Waals surface area contributed by atoms with Crippen molar-refractivity contribution in [1.29, 1.82) is 0 Å². The van der Waals surface area contributed by atoms with E-state index in [4.69, 9.17) is 4.74 Å². The first kappa shape index (κ1) is 14.6. The van der Waals surface area contributed by atoms with Crippen LogP contribution >= 0.6 is 0 Å². The maximum atomic E-state index is 5.43. The number of aromatic nitrogens is 4. The Kier molecular flexibility index (Phi) is 4.75. The molecule has 0 aliphatic carbocycles. The predicted molar refractivity (Wildman–Crippen MR) is 82.7 cm³/mol. The molecule has 0 bridgehead atoms. The number of ether oxygens (including phenoxy) is 1. The number of nitrogens with zero attached hydrogens (tertiary/aromatic N) is 6. The molecule has 22 heavy (non-hydrogen) atoms. The van der Waals surface area contributed by atoms with Gasteiger partial charge >= 0.3 is 0 Å². The Morgan fingerprint density at radius 1 is 1.09 bits per heavy atom. The molecule has 2 aromatic rings. The average Bonchev–Trinajstić information content (AvgIpc) is 2.57. The van der Waals surface area contributed by atoms with Gasteiger partial charge in [0.15, 0.2) is 0 Å². The molecule has 0 amide bonds. The van der Waals surface area contributed by atoms with Crippen molar-refractivity contribution in [1.82, 2.24) is 24.8 Å². The average molecular weight is 300 g/mol. The Hall–Kier alpha value is -2.28. The molecule has 2 aromatic heterocycles. The first-order chi connectivity index (χ1) is 10.8. The van der Waals surface area contributed by atoms with Gasteiger partial charge in [-0.1, -0.05) is 0 Å². The highest BCUT2D eigenvalue weighted by atomic mass is 16.5. The van der Waals surface area contributed by atoms with Gasteiger partial charge in [0, 0.05) is 57.4 Å². The molecule has 0 N–H and O–H groups in total. The highest BCUT2D eigenvalue weighted by Crippen LogP contribution is 2.18. The van der Waals surface area contributed by atoms with E-state index < -0.39 is 0 Å². The number of anilines is 1. The van der Waals surface area contributed by atoms with Crippen LogP contribution in [-0.4, -0.2) is 57.6 Å². The van der Waals surface area contributed by atoms with Crippen molar-refractivity contribution in [3.63, 3.8) is 0 Å². The molecular weight excluding hydrogens is 280 g/mol. The van der Waals surface area contributed by atoms with Gasteiger partial charge in [-0.3, -0.25) is 14.9 Å².